The number of ether oxygens (including phenoxy) is 1. The number of aliphatic hydroxyl groups is 2. The smallest absolute Gasteiger partial charge is 0.305 e. The molecular weight excluding hydrogens is 863 g/mol. The second-order valence-electron chi connectivity index (χ2n) is 22.1. The van der Waals surface area contributed by atoms with Crippen molar-refractivity contribution in [3.05, 3.63) is 12.2 Å². The van der Waals surface area contributed by atoms with E-state index in [9.17, 15) is 19.8 Å². The minimum Gasteiger partial charge on any atom is -0.466 e. The summed E-state index contributed by atoms with van der Waals surface area (Å²) < 4.78 is 5.50. The maximum absolute atomic E-state index is 12.4. The highest BCUT2D eigenvalue weighted by atomic mass is 16.5. The van der Waals surface area contributed by atoms with Gasteiger partial charge in [0.2, 0.25) is 5.91 Å². The molecule has 1 amide bonds. The number of carbonyl (C=O) groups is 2. The van der Waals surface area contributed by atoms with Crippen molar-refractivity contribution < 1.29 is 24.5 Å². The van der Waals surface area contributed by atoms with E-state index >= 15 is 0 Å². The van der Waals surface area contributed by atoms with Gasteiger partial charge >= 0.3 is 5.97 Å². The molecule has 0 heterocycles. The third kappa shape index (κ3) is 55.9. The van der Waals surface area contributed by atoms with Crippen molar-refractivity contribution in [2.75, 3.05) is 13.2 Å². The van der Waals surface area contributed by atoms with Crippen molar-refractivity contribution in [3.8, 4) is 0 Å². The molecule has 0 aliphatic rings. The van der Waals surface area contributed by atoms with Crippen LogP contribution in [0, 0.1) is 0 Å². The van der Waals surface area contributed by atoms with E-state index in [0.717, 1.165) is 38.5 Å². The van der Waals surface area contributed by atoms with Gasteiger partial charge in [-0.1, -0.05) is 309 Å². The van der Waals surface area contributed by atoms with Crippen LogP contribution in [0.3, 0.4) is 0 Å². The Bertz CT molecular complexity index is 1050. The molecule has 0 aromatic heterocycles. The zero-order chi connectivity index (χ0) is 50.7. The van der Waals surface area contributed by atoms with Crippen LogP contribution >= 0.6 is 0 Å². The molecule has 0 aromatic carbocycles. The molecule has 416 valence electrons. The number of nitrogens with one attached hydrogen (secondary N) is 1. The third-order valence-electron chi connectivity index (χ3n) is 15.1. The van der Waals surface area contributed by atoms with Crippen LogP contribution in [0.25, 0.3) is 0 Å². The summed E-state index contributed by atoms with van der Waals surface area (Å²) in [7, 11) is 0. The van der Waals surface area contributed by atoms with E-state index < -0.39 is 12.1 Å². The summed E-state index contributed by atoms with van der Waals surface area (Å²) in [6.07, 6.45) is 72.5. The van der Waals surface area contributed by atoms with Crippen LogP contribution in [0.4, 0.5) is 0 Å². The number of hydrogen-bond acceptors (Lipinski definition) is 5. The van der Waals surface area contributed by atoms with E-state index in [1.807, 2.05) is 0 Å². The maximum Gasteiger partial charge on any atom is 0.305 e. The highest BCUT2D eigenvalue weighted by Gasteiger charge is 2.20. The Morgan fingerprint density at radius 1 is 0.386 bits per heavy atom. The largest absolute Gasteiger partial charge is 0.466 e. The summed E-state index contributed by atoms with van der Waals surface area (Å²) in [5, 5.41) is 23.1. The molecular formula is C64H125NO5. The molecule has 0 aliphatic carbocycles. The number of hydrogen-bond donors (Lipinski definition) is 3. The van der Waals surface area contributed by atoms with Crippen molar-refractivity contribution in [2.45, 2.75) is 373 Å². The first kappa shape index (κ1) is 68.6. The molecule has 0 aliphatic heterocycles. The topological polar surface area (TPSA) is 95.9 Å². The normalized spacial score (nSPS) is 12.6. The van der Waals surface area contributed by atoms with E-state index in [1.54, 1.807) is 0 Å². The summed E-state index contributed by atoms with van der Waals surface area (Å²) >= 11 is 0. The number of unbranched alkanes of at least 4 members (excludes halogenated alkanes) is 47. The van der Waals surface area contributed by atoms with Crippen molar-refractivity contribution in [1.29, 1.82) is 0 Å². The van der Waals surface area contributed by atoms with Crippen LogP contribution in [0.2, 0.25) is 0 Å². The van der Waals surface area contributed by atoms with Crippen molar-refractivity contribution >= 4 is 11.9 Å². The van der Waals surface area contributed by atoms with E-state index in [-0.39, 0.29) is 18.5 Å². The van der Waals surface area contributed by atoms with Crippen LogP contribution in [0.1, 0.15) is 361 Å². The molecule has 2 unspecified atom stereocenters. The van der Waals surface area contributed by atoms with Gasteiger partial charge in [-0.2, -0.15) is 0 Å². The highest BCUT2D eigenvalue weighted by Crippen LogP contribution is 2.18. The number of carbonyl (C=O) groups excluding carboxylic acids is 2. The van der Waals surface area contributed by atoms with Crippen LogP contribution in [-0.2, 0) is 14.3 Å². The standard InChI is InChI=1S/C64H125NO5/c1-3-5-7-9-11-13-14-15-16-17-25-29-32-35-38-42-46-50-54-58-64(69)70-59-55-51-47-43-39-36-33-30-27-24-22-20-18-19-21-23-26-28-31-34-37-41-45-49-53-57-63(68)65-61(60-66)62(67)56-52-48-44-40-12-10-8-6-4-2/h15-16,61-62,66-67H,3-14,17-60H2,1-2H3,(H,65,68)/b16-15-. The molecule has 0 fully saturated rings. The summed E-state index contributed by atoms with van der Waals surface area (Å²) in [6, 6.07) is -0.537. The van der Waals surface area contributed by atoms with E-state index in [2.05, 4.69) is 31.3 Å². The monoisotopic (exact) mass is 988 g/mol. The van der Waals surface area contributed by atoms with Gasteiger partial charge in [-0.25, -0.2) is 0 Å². The number of allylic oxidation sites excluding steroid dienone is 2. The lowest BCUT2D eigenvalue weighted by Gasteiger charge is -2.22. The maximum atomic E-state index is 12.4. The van der Waals surface area contributed by atoms with Gasteiger partial charge in [0.25, 0.3) is 0 Å². The molecule has 0 bridgehead atoms. The Hall–Kier alpha value is -1.40. The SMILES string of the molecule is CCCCCCCC/C=C\CCCCCCCCCCCC(=O)OCCCCCCCCCCCCCCCCCCCCCCCCCCCC(=O)NC(CO)C(O)CCCCCCCCCCC. The first-order valence-corrected chi connectivity index (χ1v) is 31.9. The molecule has 70 heavy (non-hydrogen) atoms. The molecule has 0 aromatic rings. The molecule has 3 N–H and O–H groups in total. The second kappa shape index (κ2) is 60.2. The van der Waals surface area contributed by atoms with E-state index in [0.29, 0.717) is 25.9 Å². The second-order valence-corrected chi connectivity index (χ2v) is 22.1. The summed E-state index contributed by atoms with van der Waals surface area (Å²) in [6.45, 7) is 4.95. The number of esters is 1. The molecule has 6 heteroatoms. The minimum absolute atomic E-state index is 0.0166. The fourth-order valence-electron chi connectivity index (χ4n) is 10.2. The molecule has 0 rings (SSSR count). The first-order valence-electron chi connectivity index (χ1n) is 31.9. The fraction of sp³-hybridized carbons (Fsp3) is 0.938. The Morgan fingerprint density at radius 3 is 1.01 bits per heavy atom. The summed E-state index contributed by atoms with van der Waals surface area (Å²) in [5.41, 5.74) is 0. The Labute approximate surface area is 438 Å². The van der Waals surface area contributed by atoms with Gasteiger partial charge in [-0.15, -0.1) is 0 Å². The van der Waals surface area contributed by atoms with Crippen LogP contribution < -0.4 is 5.32 Å². The molecule has 0 spiro atoms. The van der Waals surface area contributed by atoms with Crippen LogP contribution in [0.5, 0.6) is 0 Å². The van der Waals surface area contributed by atoms with Gasteiger partial charge in [0, 0.05) is 12.8 Å². The van der Waals surface area contributed by atoms with Gasteiger partial charge in [0.1, 0.15) is 0 Å². The van der Waals surface area contributed by atoms with Crippen LogP contribution in [-0.4, -0.2) is 47.4 Å². The molecule has 6 nitrogen and oxygen atoms in total. The average molecular weight is 989 g/mol. The molecule has 0 saturated heterocycles. The quantitative estimate of drug-likeness (QED) is 0.0321. The van der Waals surface area contributed by atoms with Crippen molar-refractivity contribution in [2.24, 2.45) is 0 Å². The predicted molar refractivity (Wildman–Crippen MR) is 306 cm³/mol. The fourth-order valence-corrected chi connectivity index (χ4v) is 10.2. The van der Waals surface area contributed by atoms with Crippen molar-refractivity contribution in [1.82, 2.24) is 5.32 Å². The summed E-state index contributed by atoms with van der Waals surface area (Å²) in [4.78, 5) is 24.5. The van der Waals surface area contributed by atoms with Gasteiger partial charge in [0.05, 0.1) is 25.4 Å². The minimum atomic E-state index is -0.660. The lowest BCUT2D eigenvalue weighted by molar-refractivity contribution is -0.143. The van der Waals surface area contributed by atoms with Crippen molar-refractivity contribution in [3.63, 3.8) is 0 Å². The number of amides is 1. The average Bonchev–Trinajstić information content (AvgIpc) is 3.36. The molecule has 2 atom stereocenters. The summed E-state index contributed by atoms with van der Waals surface area (Å²) in [5.74, 6) is -0.0175. The predicted octanol–water partition coefficient (Wildman–Crippen LogP) is 20.0. The van der Waals surface area contributed by atoms with Gasteiger partial charge < -0.3 is 20.3 Å². The Kier molecular flexibility index (Phi) is 59.0. The zero-order valence-corrected chi connectivity index (χ0v) is 47.5. The van der Waals surface area contributed by atoms with E-state index in [4.69, 9.17) is 4.74 Å². The molecule has 0 radical (unpaired) electrons. The lowest BCUT2D eigenvalue weighted by atomic mass is 10.0. The van der Waals surface area contributed by atoms with E-state index in [1.165, 1.54) is 289 Å². The lowest BCUT2D eigenvalue weighted by Crippen LogP contribution is -2.45. The molecule has 0 saturated carbocycles. The van der Waals surface area contributed by atoms with Gasteiger partial charge in [-0.3, -0.25) is 9.59 Å². The zero-order valence-electron chi connectivity index (χ0n) is 47.5. The Balaban J connectivity index is 3.30. The van der Waals surface area contributed by atoms with Crippen LogP contribution in [0.15, 0.2) is 12.2 Å². The van der Waals surface area contributed by atoms with Gasteiger partial charge in [0.15, 0.2) is 0 Å². The number of aliphatic hydroxyl groups excluding tert-OH is 2. The number of rotatable bonds is 60. The Morgan fingerprint density at radius 2 is 0.671 bits per heavy atom. The highest BCUT2D eigenvalue weighted by molar-refractivity contribution is 5.76. The third-order valence-corrected chi connectivity index (χ3v) is 15.1. The first-order chi connectivity index (χ1) is 34.5. The van der Waals surface area contributed by atoms with Gasteiger partial charge in [-0.05, 0) is 51.4 Å².